The average Bonchev–Trinajstić information content (AvgIpc) is 2.52. The number of hydrogen-bond acceptors (Lipinski definition) is 3. The molecule has 1 aromatic carbocycles. The molecule has 0 spiro atoms. The molecule has 1 aliphatic rings. The smallest absolute Gasteiger partial charge is 0.0474 e. The minimum absolute atomic E-state index is 0.312. The second-order valence-corrected chi connectivity index (χ2v) is 7.54. The van der Waals surface area contributed by atoms with Gasteiger partial charge in [-0.2, -0.15) is 11.8 Å². The van der Waals surface area contributed by atoms with Gasteiger partial charge in [-0.05, 0) is 44.0 Å². The van der Waals surface area contributed by atoms with E-state index in [0.29, 0.717) is 6.04 Å². The summed E-state index contributed by atoms with van der Waals surface area (Å²) in [6.07, 6.45) is 2.38. The molecule has 2 nitrogen and oxygen atoms in total. The van der Waals surface area contributed by atoms with Crippen molar-refractivity contribution in [3.63, 3.8) is 0 Å². The van der Waals surface area contributed by atoms with Gasteiger partial charge in [0.2, 0.25) is 0 Å². The molecule has 1 aromatic rings. The Morgan fingerprint density at radius 2 is 2.24 bits per heavy atom. The first-order valence-electron chi connectivity index (χ1n) is 8.05. The van der Waals surface area contributed by atoms with Crippen molar-refractivity contribution in [2.75, 3.05) is 30.3 Å². The Morgan fingerprint density at radius 1 is 1.43 bits per heavy atom. The molecule has 2 unspecified atom stereocenters. The van der Waals surface area contributed by atoms with E-state index < -0.39 is 0 Å². The Labute approximate surface area is 138 Å². The van der Waals surface area contributed by atoms with Crippen LogP contribution in [-0.2, 0) is 0 Å². The Kier molecular flexibility index (Phi) is 6.72. The van der Waals surface area contributed by atoms with Gasteiger partial charge in [0.05, 0.1) is 0 Å². The first-order chi connectivity index (χ1) is 10.2. The highest BCUT2D eigenvalue weighted by molar-refractivity contribution is 8.00. The lowest BCUT2D eigenvalue weighted by molar-refractivity contribution is 0.571. The Morgan fingerprint density at radius 3 is 2.90 bits per heavy atom. The fourth-order valence-electron chi connectivity index (χ4n) is 2.74. The molecule has 1 saturated heterocycles. The molecule has 0 aromatic heterocycles. The second-order valence-electron chi connectivity index (χ2n) is 5.73. The van der Waals surface area contributed by atoms with Crippen LogP contribution in [0.5, 0.6) is 0 Å². The molecule has 118 valence electrons. The van der Waals surface area contributed by atoms with Gasteiger partial charge in [0.15, 0.2) is 0 Å². The van der Waals surface area contributed by atoms with Crippen LogP contribution < -0.4 is 10.2 Å². The maximum atomic E-state index is 6.52. The lowest BCUT2D eigenvalue weighted by atomic mass is 10.1. The predicted molar refractivity (Wildman–Crippen MR) is 96.9 cm³/mol. The minimum atomic E-state index is 0.312. The maximum absolute atomic E-state index is 6.52. The van der Waals surface area contributed by atoms with Crippen molar-refractivity contribution in [1.82, 2.24) is 5.32 Å². The molecular weight excluding hydrogens is 300 g/mol. The normalized spacial score (nSPS) is 20.6. The summed E-state index contributed by atoms with van der Waals surface area (Å²) in [5.74, 6) is 1.21. The summed E-state index contributed by atoms with van der Waals surface area (Å²) < 4.78 is 0. The number of halogens is 1. The summed E-state index contributed by atoms with van der Waals surface area (Å²) in [4.78, 5) is 2.48. The predicted octanol–water partition coefficient (Wildman–Crippen LogP) is 4.73. The molecule has 0 radical (unpaired) electrons. The van der Waals surface area contributed by atoms with Crippen LogP contribution in [0, 0.1) is 0 Å². The zero-order valence-electron chi connectivity index (χ0n) is 13.4. The van der Waals surface area contributed by atoms with Gasteiger partial charge in [-0.25, -0.2) is 0 Å². The Balaban J connectivity index is 2.07. The van der Waals surface area contributed by atoms with Gasteiger partial charge in [0, 0.05) is 40.8 Å². The topological polar surface area (TPSA) is 15.3 Å². The quantitative estimate of drug-likeness (QED) is 0.813. The Hall–Kier alpha value is -0.380. The van der Waals surface area contributed by atoms with Crippen molar-refractivity contribution in [3.8, 4) is 0 Å². The number of rotatable bonds is 6. The molecule has 1 N–H and O–H groups in total. The summed E-state index contributed by atoms with van der Waals surface area (Å²) in [6.45, 7) is 9.93. The van der Waals surface area contributed by atoms with Crippen molar-refractivity contribution >= 4 is 29.1 Å². The molecule has 0 bridgehead atoms. The lowest BCUT2D eigenvalue weighted by Gasteiger charge is -2.34. The lowest BCUT2D eigenvalue weighted by Crippen LogP contribution is -2.37. The third-order valence-corrected chi connectivity index (χ3v) is 5.81. The first kappa shape index (κ1) is 17.0. The van der Waals surface area contributed by atoms with Crippen molar-refractivity contribution in [2.24, 2.45) is 0 Å². The van der Waals surface area contributed by atoms with Crippen LogP contribution >= 0.6 is 23.4 Å². The molecule has 4 heteroatoms. The molecule has 0 aliphatic carbocycles. The van der Waals surface area contributed by atoms with Crippen LogP contribution in [0.3, 0.4) is 0 Å². The summed E-state index contributed by atoms with van der Waals surface area (Å²) in [6, 6.07) is 6.87. The van der Waals surface area contributed by atoms with Gasteiger partial charge in [-0.1, -0.05) is 31.5 Å². The van der Waals surface area contributed by atoms with E-state index in [1.807, 2.05) is 0 Å². The molecule has 2 rings (SSSR count). The van der Waals surface area contributed by atoms with Crippen LogP contribution in [-0.4, -0.2) is 30.6 Å². The molecule has 0 amide bonds. The first-order valence-corrected chi connectivity index (χ1v) is 9.47. The molecule has 1 aliphatic heterocycles. The standard InChI is InChI=1S/C17H27ClN2S/c1-4-8-19-13(3)16-7-6-14(11-17(16)18)20-9-10-21-15(5-2)12-20/h6-7,11,13,15,19H,4-5,8-10,12H2,1-3H3. The van der Waals surface area contributed by atoms with Crippen molar-refractivity contribution in [1.29, 1.82) is 0 Å². The summed E-state index contributed by atoms with van der Waals surface area (Å²) >= 11 is 8.62. The summed E-state index contributed by atoms with van der Waals surface area (Å²) in [5, 5.41) is 5.14. The van der Waals surface area contributed by atoms with E-state index in [1.54, 1.807) is 0 Å². The summed E-state index contributed by atoms with van der Waals surface area (Å²) in [7, 11) is 0. The third kappa shape index (κ3) is 4.54. The van der Waals surface area contributed by atoms with Crippen LogP contribution in [0.15, 0.2) is 18.2 Å². The number of nitrogens with zero attached hydrogens (tertiary/aromatic N) is 1. The average molecular weight is 327 g/mol. The van der Waals surface area contributed by atoms with Crippen molar-refractivity contribution in [3.05, 3.63) is 28.8 Å². The van der Waals surface area contributed by atoms with Crippen LogP contribution in [0.4, 0.5) is 5.69 Å². The van der Waals surface area contributed by atoms with Crippen LogP contribution in [0.2, 0.25) is 5.02 Å². The summed E-state index contributed by atoms with van der Waals surface area (Å²) in [5.41, 5.74) is 2.47. The van der Waals surface area contributed by atoms with E-state index >= 15 is 0 Å². The monoisotopic (exact) mass is 326 g/mol. The highest BCUT2D eigenvalue weighted by Crippen LogP contribution is 2.31. The molecule has 0 saturated carbocycles. The second kappa shape index (κ2) is 8.30. The zero-order valence-corrected chi connectivity index (χ0v) is 14.9. The number of nitrogens with one attached hydrogen (secondary N) is 1. The van der Waals surface area contributed by atoms with Crippen molar-refractivity contribution in [2.45, 2.75) is 44.9 Å². The maximum Gasteiger partial charge on any atom is 0.0474 e. The number of benzene rings is 1. The van der Waals surface area contributed by atoms with Gasteiger partial charge in [0.1, 0.15) is 0 Å². The molecule has 2 atom stereocenters. The van der Waals surface area contributed by atoms with Gasteiger partial charge in [0.25, 0.3) is 0 Å². The van der Waals surface area contributed by atoms with Crippen molar-refractivity contribution < 1.29 is 0 Å². The minimum Gasteiger partial charge on any atom is -0.370 e. The van der Waals surface area contributed by atoms with E-state index in [-0.39, 0.29) is 0 Å². The molecular formula is C17H27ClN2S. The van der Waals surface area contributed by atoms with Gasteiger partial charge >= 0.3 is 0 Å². The van der Waals surface area contributed by atoms with E-state index in [4.69, 9.17) is 11.6 Å². The molecule has 1 heterocycles. The van der Waals surface area contributed by atoms with E-state index in [0.717, 1.165) is 36.3 Å². The fraction of sp³-hybridized carbons (Fsp3) is 0.647. The SMILES string of the molecule is CCCNC(C)c1ccc(N2CCSC(CC)C2)cc1Cl. The van der Waals surface area contributed by atoms with Crippen LogP contribution in [0.25, 0.3) is 0 Å². The van der Waals surface area contributed by atoms with Gasteiger partial charge < -0.3 is 10.2 Å². The molecule has 1 fully saturated rings. The number of hydrogen-bond donors (Lipinski definition) is 1. The van der Waals surface area contributed by atoms with E-state index in [9.17, 15) is 0 Å². The van der Waals surface area contributed by atoms with E-state index in [2.05, 4.69) is 60.9 Å². The number of anilines is 1. The zero-order chi connectivity index (χ0) is 15.2. The van der Waals surface area contributed by atoms with Gasteiger partial charge in [-0.3, -0.25) is 0 Å². The fourth-order valence-corrected chi connectivity index (χ4v) is 4.25. The number of thioether (sulfide) groups is 1. The Bertz CT molecular complexity index is 452. The highest BCUT2D eigenvalue weighted by Gasteiger charge is 2.20. The van der Waals surface area contributed by atoms with Crippen LogP contribution in [0.1, 0.15) is 45.2 Å². The molecule has 21 heavy (non-hydrogen) atoms. The third-order valence-electron chi connectivity index (χ3n) is 4.11. The van der Waals surface area contributed by atoms with Gasteiger partial charge in [-0.15, -0.1) is 0 Å². The largest absolute Gasteiger partial charge is 0.370 e. The highest BCUT2D eigenvalue weighted by atomic mass is 35.5. The van der Waals surface area contributed by atoms with E-state index in [1.165, 1.54) is 23.4 Å².